The topological polar surface area (TPSA) is 0 Å². The molecular formula is C48H50Cl4Zr-2. The van der Waals surface area contributed by atoms with Gasteiger partial charge in [-0.15, -0.1) is 42.9 Å². The third-order valence-corrected chi connectivity index (χ3v) is 13.2. The number of rotatable bonds is 2. The standard InChI is InChI=1S/C25H25.C9H13.2C7H5Cl.2ClH.Zr/c1-14-12-24(3,4)22-8-16-7-17-9-23-19(15(2)13-25(23,5)6)11-21(17)20(16)10-18(14)22;1-9(2,3)8-6-4-5-7-8;2*1-6-2-4-7(8)5-3-6;;;/h8-12H,7H2,1-6H3;6-7H,4H2,1-3H3;2*1-5H;2*1H;/q2*-1;;;;;. The minimum absolute atomic E-state index is 0. The van der Waals surface area contributed by atoms with Gasteiger partial charge in [-0.2, -0.15) is 17.2 Å². The predicted octanol–water partition coefficient (Wildman–Crippen LogP) is 14.1. The number of halogens is 4. The molecule has 53 heavy (non-hydrogen) atoms. The zero-order chi connectivity index (χ0) is 36.7. The van der Waals surface area contributed by atoms with Crippen LogP contribution < -0.4 is 0 Å². The molecule has 0 spiro atoms. The summed E-state index contributed by atoms with van der Waals surface area (Å²) >= 11 is 11.0. The van der Waals surface area contributed by atoms with Crippen LogP contribution in [0.2, 0.25) is 10.0 Å². The number of hydrogen-bond acceptors (Lipinski definition) is 0. The van der Waals surface area contributed by atoms with E-state index in [0.717, 1.165) is 22.9 Å². The third kappa shape index (κ3) is 9.90. The summed E-state index contributed by atoms with van der Waals surface area (Å²) in [5.41, 5.74) is 18.8. The van der Waals surface area contributed by atoms with Gasteiger partial charge in [0, 0.05) is 5.41 Å². The molecule has 0 radical (unpaired) electrons. The SMILES string of the molecule is CC(C)(C)C1=CC[C-]=C1.CC1=[C-]C(C)(C)c2cc3c(cc21)-c1cc2c(cc1C3)C(C)(C)C=C2C.Cl.Cl.Clc1ccc([CH]=[Zr]=[CH]c2ccc(Cl)cc2)cc1. The maximum atomic E-state index is 5.84. The molecule has 0 aromatic heterocycles. The van der Waals surface area contributed by atoms with E-state index in [2.05, 4.69) is 149 Å². The molecule has 0 fully saturated rings. The van der Waals surface area contributed by atoms with E-state index < -0.39 is 22.3 Å². The van der Waals surface area contributed by atoms with E-state index in [4.69, 9.17) is 23.2 Å². The number of fused-ring (bicyclic) bond motifs is 5. The van der Waals surface area contributed by atoms with Crippen molar-refractivity contribution < 1.29 is 22.3 Å². The van der Waals surface area contributed by atoms with E-state index in [9.17, 15) is 0 Å². The molecule has 0 atom stereocenters. The van der Waals surface area contributed by atoms with Crippen LogP contribution in [0.3, 0.4) is 0 Å². The Morgan fingerprint density at radius 1 is 0.698 bits per heavy atom. The van der Waals surface area contributed by atoms with Crippen molar-refractivity contribution in [1.29, 1.82) is 0 Å². The Morgan fingerprint density at radius 2 is 1.21 bits per heavy atom. The first-order valence-electron chi connectivity index (χ1n) is 17.9. The van der Waals surface area contributed by atoms with Gasteiger partial charge in [-0.1, -0.05) is 84.4 Å². The van der Waals surface area contributed by atoms with E-state index in [1.165, 1.54) is 72.4 Å². The van der Waals surface area contributed by atoms with E-state index in [1.807, 2.05) is 24.3 Å². The Kier molecular flexibility index (Phi) is 14.1. The van der Waals surface area contributed by atoms with Crippen LogP contribution in [0.15, 0.2) is 96.6 Å². The van der Waals surface area contributed by atoms with Crippen LogP contribution in [0.25, 0.3) is 22.3 Å². The zero-order valence-corrected chi connectivity index (χ0v) is 37.9. The molecule has 4 aromatic rings. The zero-order valence-electron chi connectivity index (χ0n) is 32.3. The summed E-state index contributed by atoms with van der Waals surface area (Å²) in [6.07, 6.45) is 15.6. The van der Waals surface area contributed by atoms with Crippen molar-refractivity contribution in [2.24, 2.45) is 5.41 Å². The summed E-state index contributed by atoms with van der Waals surface area (Å²) < 4.78 is 4.66. The van der Waals surface area contributed by atoms with Crippen molar-refractivity contribution in [2.45, 2.75) is 86.0 Å². The summed E-state index contributed by atoms with van der Waals surface area (Å²) in [6.45, 7) is 20.4. The van der Waals surface area contributed by atoms with Crippen molar-refractivity contribution in [3.8, 4) is 11.1 Å². The van der Waals surface area contributed by atoms with Gasteiger partial charge in [-0.3, -0.25) is 12.2 Å². The molecule has 0 unspecified atom stereocenters. The fourth-order valence-electron chi connectivity index (χ4n) is 7.55. The first-order chi connectivity index (χ1) is 24.0. The van der Waals surface area contributed by atoms with Gasteiger partial charge in [0.1, 0.15) is 0 Å². The van der Waals surface area contributed by atoms with Gasteiger partial charge >= 0.3 is 123 Å². The molecule has 5 heteroatoms. The summed E-state index contributed by atoms with van der Waals surface area (Å²) in [5.74, 6) is 0. The summed E-state index contributed by atoms with van der Waals surface area (Å²) in [4.78, 5) is 0. The normalized spacial score (nSPS) is 15.9. The van der Waals surface area contributed by atoms with Gasteiger partial charge in [0.15, 0.2) is 0 Å². The molecule has 0 heterocycles. The molecule has 8 rings (SSSR count). The van der Waals surface area contributed by atoms with Gasteiger partial charge in [-0.25, -0.2) is 11.6 Å². The fourth-order valence-corrected chi connectivity index (χ4v) is 9.90. The monoisotopic (exact) mass is 856 g/mol. The van der Waals surface area contributed by atoms with Gasteiger partial charge in [0.05, 0.1) is 0 Å². The maximum absolute atomic E-state index is 5.84. The molecule has 4 aliphatic carbocycles. The number of hydrogen-bond donors (Lipinski definition) is 0. The predicted molar refractivity (Wildman–Crippen MR) is 234 cm³/mol. The average molecular weight is 860 g/mol. The summed E-state index contributed by atoms with van der Waals surface area (Å²) in [5, 5.41) is 1.57. The molecule has 0 saturated heterocycles. The molecule has 4 aromatic carbocycles. The Labute approximate surface area is 351 Å². The minimum atomic E-state index is -0.623. The fraction of sp³-hybridized carbons (Fsp3) is 0.292. The molecular weight excluding hydrogens is 810 g/mol. The van der Waals surface area contributed by atoms with Crippen molar-refractivity contribution >= 4 is 66.6 Å². The van der Waals surface area contributed by atoms with Crippen LogP contribution in [-0.2, 0) is 39.5 Å². The molecule has 0 nitrogen and oxygen atoms in total. The Balaban J connectivity index is 0.000000195. The van der Waals surface area contributed by atoms with Gasteiger partial charge in [0.25, 0.3) is 0 Å². The second kappa shape index (κ2) is 17.2. The molecule has 0 N–H and O–H groups in total. The summed E-state index contributed by atoms with van der Waals surface area (Å²) in [6, 6.07) is 25.7. The van der Waals surface area contributed by atoms with E-state index in [-0.39, 0.29) is 35.6 Å². The number of benzene rings is 4. The van der Waals surface area contributed by atoms with Crippen LogP contribution in [0, 0.1) is 17.6 Å². The van der Waals surface area contributed by atoms with Crippen LogP contribution in [0.4, 0.5) is 0 Å². The molecule has 276 valence electrons. The quantitative estimate of drug-likeness (QED) is 0.155. The number of allylic oxidation sites excluding steroid dienone is 8. The average Bonchev–Trinajstić information content (AvgIpc) is 3.82. The molecule has 0 amide bonds. The molecule has 0 saturated carbocycles. The molecule has 4 aliphatic rings. The van der Waals surface area contributed by atoms with E-state index in [0.29, 0.717) is 5.41 Å². The van der Waals surface area contributed by atoms with Crippen molar-refractivity contribution in [3.63, 3.8) is 0 Å². The van der Waals surface area contributed by atoms with Gasteiger partial charge < -0.3 is 0 Å². The Hall–Kier alpha value is -2.38. The second-order valence-corrected chi connectivity index (χ2v) is 19.3. The first-order valence-corrected chi connectivity index (χ1v) is 21.5. The van der Waals surface area contributed by atoms with Crippen molar-refractivity contribution in [1.82, 2.24) is 0 Å². The van der Waals surface area contributed by atoms with Crippen LogP contribution in [0.1, 0.15) is 113 Å². The van der Waals surface area contributed by atoms with Gasteiger partial charge in [-0.05, 0) is 58.4 Å². The van der Waals surface area contributed by atoms with E-state index >= 15 is 0 Å². The second-order valence-electron chi connectivity index (χ2n) is 16.2. The van der Waals surface area contributed by atoms with Crippen LogP contribution in [-0.4, -0.2) is 7.42 Å². The first kappa shape index (κ1) is 43.4. The van der Waals surface area contributed by atoms with Crippen molar-refractivity contribution in [3.05, 3.63) is 163 Å². The van der Waals surface area contributed by atoms with Crippen LogP contribution in [0.5, 0.6) is 0 Å². The van der Waals surface area contributed by atoms with Crippen LogP contribution >= 0.6 is 48.0 Å². The Morgan fingerprint density at radius 3 is 1.68 bits per heavy atom. The molecule has 0 aliphatic heterocycles. The summed E-state index contributed by atoms with van der Waals surface area (Å²) in [7, 11) is 0. The Bertz CT molecular complexity index is 2040. The molecule has 0 bridgehead atoms. The van der Waals surface area contributed by atoms with Crippen molar-refractivity contribution in [2.75, 3.05) is 0 Å². The third-order valence-electron chi connectivity index (χ3n) is 10.2. The van der Waals surface area contributed by atoms with E-state index in [1.54, 1.807) is 0 Å². The van der Waals surface area contributed by atoms with Gasteiger partial charge in [0.2, 0.25) is 0 Å².